The van der Waals surface area contributed by atoms with Crippen LogP contribution >= 0.6 is 11.8 Å². The van der Waals surface area contributed by atoms with Crippen LogP contribution in [0.15, 0.2) is 0 Å². The average molecular weight is 166 g/mol. The zero-order chi connectivity index (χ0) is 8.20. The number of hydrogen-bond acceptors (Lipinski definition) is 1. The number of thioether (sulfide) groups is 1. The van der Waals surface area contributed by atoms with Crippen molar-refractivity contribution in [3.63, 3.8) is 0 Å². The second-order valence-corrected chi connectivity index (χ2v) is 5.26. The van der Waals surface area contributed by atoms with Gasteiger partial charge in [-0.25, -0.2) is 0 Å². The van der Waals surface area contributed by atoms with E-state index in [-0.39, 0.29) is 18.9 Å². The van der Waals surface area contributed by atoms with Crippen LogP contribution in [-0.2, 0) is 0 Å². The summed E-state index contributed by atoms with van der Waals surface area (Å²) in [4.78, 5) is 0. The molecular weight excluding hydrogens is 147 g/mol. The first-order chi connectivity index (χ1) is 4.48. The molecule has 0 nitrogen and oxygen atoms in total. The minimum absolute atomic E-state index is 0. The van der Waals surface area contributed by atoms with E-state index in [1.54, 1.807) is 0 Å². The Balaban J connectivity index is 0. The molecule has 0 aliphatic carbocycles. The first-order valence-electron chi connectivity index (χ1n) is 3.95. The Hall–Kier alpha value is 0.947. The first kappa shape index (κ1) is 14.5. The average Bonchev–Trinajstić information content (AvgIpc) is 1.85. The molecule has 0 fully saturated rings. The summed E-state index contributed by atoms with van der Waals surface area (Å²) in [5.74, 6) is 1.76. The van der Waals surface area contributed by atoms with Crippen molar-refractivity contribution in [2.45, 2.75) is 38.9 Å². The fourth-order valence-corrected chi connectivity index (χ4v) is 1.41. The van der Waals surface area contributed by atoms with Crippen LogP contribution in [0.2, 0.25) is 0 Å². The van der Waals surface area contributed by atoms with Crippen molar-refractivity contribution in [2.24, 2.45) is 5.92 Å². The molecule has 0 aliphatic heterocycles. The molecule has 62 valence electrons. The monoisotopic (exact) mass is 166 g/mol. The number of rotatable bonds is 4. The van der Waals surface area contributed by atoms with Crippen LogP contribution in [-0.4, -0.2) is 10.5 Å². The van der Waals surface area contributed by atoms with Gasteiger partial charge in [-0.15, -0.1) is 0 Å². The minimum atomic E-state index is 0. The minimum Gasteiger partial charge on any atom is -0.340 e. The molecule has 0 N–H and O–H groups in total. The zero-order valence-electron chi connectivity index (χ0n) is 8.61. The molecule has 0 aromatic heterocycles. The molecule has 2 heteroatoms. The van der Waals surface area contributed by atoms with Crippen LogP contribution in [0.3, 0.4) is 0 Å². The molecular formula is C9H19LiS. The summed E-state index contributed by atoms with van der Waals surface area (Å²) in [6.07, 6.45) is 1.24. The molecule has 0 aromatic carbocycles. The van der Waals surface area contributed by atoms with Gasteiger partial charge in [-0.05, 0) is 12.2 Å². The Labute approximate surface area is 88.1 Å². The van der Waals surface area contributed by atoms with Crippen molar-refractivity contribution >= 4 is 11.8 Å². The third kappa shape index (κ3) is 8.86. The predicted octanol–water partition coefficient (Wildman–Crippen LogP) is 0.382. The fourth-order valence-electron chi connectivity index (χ4n) is 0.470. The normalized spacial score (nSPS) is 13.9. The summed E-state index contributed by atoms with van der Waals surface area (Å²) < 4.78 is 0.450. The molecule has 0 bridgehead atoms. The topological polar surface area (TPSA) is 0 Å². The van der Waals surface area contributed by atoms with E-state index in [0.717, 1.165) is 0 Å². The fraction of sp³-hybridized carbons (Fsp3) is 0.889. The maximum Gasteiger partial charge on any atom is 1.00 e. The van der Waals surface area contributed by atoms with E-state index in [2.05, 4.69) is 34.6 Å². The third-order valence-electron chi connectivity index (χ3n) is 1.61. The zero-order valence-corrected chi connectivity index (χ0v) is 9.42. The van der Waals surface area contributed by atoms with E-state index < -0.39 is 0 Å². The Bertz CT molecular complexity index is 89.6. The van der Waals surface area contributed by atoms with E-state index in [4.69, 9.17) is 0 Å². The Morgan fingerprint density at radius 3 is 2.18 bits per heavy atom. The summed E-state index contributed by atoms with van der Waals surface area (Å²) in [7, 11) is 0. The van der Waals surface area contributed by atoms with Crippen LogP contribution in [0.1, 0.15) is 34.1 Å². The van der Waals surface area contributed by atoms with Gasteiger partial charge in [-0.2, -0.15) is 17.7 Å². The third-order valence-corrected chi connectivity index (χ3v) is 3.42. The second-order valence-electron chi connectivity index (χ2n) is 3.53. The molecule has 0 amide bonds. The summed E-state index contributed by atoms with van der Waals surface area (Å²) in [5, 5.41) is 0. The van der Waals surface area contributed by atoms with E-state index >= 15 is 0 Å². The smallest absolute Gasteiger partial charge is 0.340 e. The quantitative estimate of drug-likeness (QED) is 0.430. The van der Waals surface area contributed by atoms with Gasteiger partial charge in [0.15, 0.2) is 0 Å². The molecule has 0 rings (SSSR count). The second kappa shape index (κ2) is 6.46. The van der Waals surface area contributed by atoms with Gasteiger partial charge in [0.05, 0.1) is 0 Å². The van der Waals surface area contributed by atoms with Gasteiger partial charge >= 0.3 is 18.9 Å². The molecule has 0 spiro atoms. The van der Waals surface area contributed by atoms with E-state index in [0.29, 0.717) is 10.7 Å². The van der Waals surface area contributed by atoms with E-state index in [1.165, 1.54) is 12.2 Å². The summed E-state index contributed by atoms with van der Waals surface area (Å²) in [5.41, 5.74) is 0. The Morgan fingerprint density at radius 1 is 1.45 bits per heavy atom. The maximum absolute atomic E-state index is 3.95. The summed E-state index contributed by atoms with van der Waals surface area (Å²) >= 11 is 2.02. The molecule has 11 heavy (non-hydrogen) atoms. The van der Waals surface area contributed by atoms with Gasteiger partial charge in [0, 0.05) is 4.75 Å². The van der Waals surface area contributed by atoms with Crippen LogP contribution in [0, 0.1) is 12.8 Å². The van der Waals surface area contributed by atoms with Gasteiger partial charge in [0.2, 0.25) is 0 Å². The van der Waals surface area contributed by atoms with Gasteiger partial charge in [-0.3, -0.25) is 0 Å². The van der Waals surface area contributed by atoms with Gasteiger partial charge in [0.1, 0.15) is 0 Å². The van der Waals surface area contributed by atoms with Crippen molar-refractivity contribution in [1.82, 2.24) is 0 Å². The van der Waals surface area contributed by atoms with Crippen molar-refractivity contribution < 1.29 is 18.9 Å². The van der Waals surface area contributed by atoms with Gasteiger partial charge in [0.25, 0.3) is 0 Å². The van der Waals surface area contributed by atoms with E-state index in [9.17, 15) is 0 Å². The molecule has 0 aromatic rings. The van der Waals surface area contributed by atoms with Crippen LogP contribution in [0.25, 0.3) is 0 Å². The molecule has 0 radical (unpaired) electrons. The molecule has 1 unspecified atom stereocenters. The van der Waals surface area contributed by atoms with Gasteiger partial charge < -0.3 is 6.92 Å². The largest absolute Gasteiger partial charge is 1.00 e. The van der Waals surface area contributed by atoms with Crippen LogP contribution in [0.5, 0.6) is 0 Å². The van der Waals surface area contributed by atoms with Crippen molar-refractivity contribution in [3.8, 4) is 0 Å². The molecule has 0 saturated carbocycles. The standard InChI is InChI=1S/C9H19S.Li/c1-6-9(4,5)10-7-8(2)3;/h8H,2,6-7H2,1,3-5H3;/q-1;+1. The summed E-state index contributed by atoms with van der Waals surface area (Å²) in [6, 6.07) is 0. The van der Waals surface area contributed by atoms with Gasteiger partial charge in [-0.1, -0.05) is 27.7 Å². The number of hydrogen-bond donors (Lipinski definition) is 0. The molecule has 0 heterocycles. The Kier molecular flexibility index (Phi) is 8.50. The van der Waals surface area contributed by atoms with E-state index in [1.807, 2.05) is 11.8 Å². The van der Waals surface area contributed by atoms with Crippen LogP contribution < -0.4 is 18.9 Å². The Morgan fingerprint density at radius 2 is 1.91 bits per heavy atom. The van der Waals surface area contributed by atoms with Crippen molar-refractivity contribution in [3.05, 3.63) is 6.92 Å². The maximum atomic E-state index is 3.95. The SMILES string of the molecule is [CH2-]C(C)CSC(C)(C)CC.[Li+]. The van der Waals surface area contributed by atoms with Crippen molar-refractivity contribution in [1.29, 1.82) is 0 Å². The van der Waals surface area contributed by atoms with Crippen molar-refractivity contribution in [2.75, 3.05) is 5.75 Å². The molecule has 0 saturated heterocycles. The molecule has 0 aliphatic rings. The summed E-state index contributed by atoms with van der Waals surface area (Å²) in [6.45, 7) is 12.9. The van der Waals surface area contributed by atoms with Crippen LogP contribution in [0.4, 0.5) is 0 Å². The first-order valence-corrected chi connectivity index (χ1v) is 4.93. The predicted molar refractivity (Wildman–Crippen MR) is 51.3 cm³/mol. The molecule has 1 atom stereocenters.